The molecule has 0 spiro atoms. The first-order chi connectivity index (χ1) is 42.3. The van der Waals surface area contributed by atoms with Gasteiger partial charge in [0.25, 0.3) is 0 Å². The van der Waals surface area contributed by atoms with E-state index in [0.717, 1.165) is 4.90 Å². The van der Waals surface area contributed by atoms with E-state index in [1.807, 2.05) is 0 Å². The van der Waals surface area contributed by atoms with Gasteiger partial charge in [-0.1, -0.05) is 63.9 Å². The summed E-state index contributed by atoms with van der Waals surface area (Å²) in [7, 11) is 0. The first kappa shape index (κ1) is 71.6. The number of β-amino-alcohol motifs (C(OH)–C–C–N with tert-alkyl or cyclic N) is 1. The third-order valence-electron chi connectivity index (χ3n) is 15.6. The SMILES string of the molecule is CCC[C@H](NC(=O)[C@@H](NC(=O)[C@@H]1C[C@@H](O)CN1C(=O)[C@@H]1CCCN1C(=O)[C@H](Cc1c[nH]c2ccccc12)NC(=O)[C@H](Cc1ccc(O)cc1)NC(=O)[C@H](CCC(N)=O)NC(=O)[C@H](CCCN=C(N)N)NC(=O)[C@@H](N)CS)[C@@H](C)CC)C(=O)N[C@@H](CS)C(=O)O. The van der Waals surface area contributed by atoms with Gasteiger partial charge in [-0.25, -0.2) is 4.79 Å². The Bertz CT molecular complexity index is 3020. The fourth-order valence-electron chi connectivity index (χ4n) is 10.5. The number of guanidine groups is 1. The van der Waals surface area contributed by atoms with Crippen LogP contribution in [0.25, 0.3) is 10.9 Å². The van der Waals surface area contributed by atoms with Gasteiger partial charge in [-0.3, -0.25) is 52.9 Å². The number of hydrogen-bond acceptors (Lipinski definition) is 17. The molecular weight excluding hydrogens is 1190 g/mol. The van der Waals surface area contributed by atoms with Crippen molar-refractivity contribution in [2.24, 2.45) is 33.8 Å². The number of nitrogens with one attached hydrogen (secondary N) is 8. The number of aliphatic imine (C=N–C) groups is 1. The van der Waals surface area contributed by atoms with Gasteiger partial charge in [-0.15, -0.1) is 0 Å². The zero-order valence-corrected chi connectivity index (χ0v) is 51.8. The number of fused-ring (bicyclic) bond motifs is 1. The minimum absolute atomic E-state index is 0.0119. The normalized spacial score (nSPS) is 18.5. The Labute approximate surface area is 526 Å². The first-order valence-corrected chi connectivity index (χ1v) is 30.9. The Morgan fingerprint density at radius 3 is 1.92 bits per heavy atom. The topological polar surface area (TPSA) is 471 Å². The van der Waals surface area contributed by atoms with Crippen LogP contribution in [0.15, 0.2) is 59.7 Å². The molecule has 3 aromatic rings. The van der Waals surface area contributed by atoms with Crippen LogP contribution in [0.5, 0.6) is 5.75 Å². The van der Waals surface area contributed by atoms with Gasteiger partial charge in [0.2, 0.25) is 59.1 Å². The molecule has 2 saturated heterocycles. The van der Waals surface area contributed by atoms with Crippen molar-refractivity contribution >= 4 is 107 Å². The van der Waals surface area contributed by atoms with E-state index in [2.05, 4.69) is 72.5 Å². The number of carbonyl (C=O) groups excluding carboxylic acids is 10. The molecule has 3 heterocycles. The summed E-state index contributed by atoms with van der Waals surface area (Å²) in [6, 6.07) is -0.493. The summed E-state index contributed by atoms with van der Waals surface area (Å²) in [4.78, 5) is 162. The number of H-pyrrole nitrogens is 1. The Kier molecular flexibility index (Phi) is 27.8. The lowest BCUT2D eigenvalue weighted by Crippen LogP contribution is -2.61. The lowest BCUT2D eigenvalue weighted by Gasteiger charge is -2.34. The number of nitrogens with two attached hydrogens (primary N) is 4. The number of phenolic OH excluding ortho intramolecular Hbond substituents is 1. The number of amides is 10. The summed E-state index contributed by atoms with van der Waals surface area (Å²) in [5.74, 6) is -10.6. The van der Waals surface area contributed by atoms with Crippen molar-refractivity contribution in [3.05, 3.63) is 65.9 Å². The summed E-state index contributed by atoms with van der Waals surface area (Å²) in [5, 5.41) is 49.8. The number of likely N-dealkylation sites (tertiary alicyclic amines) is 2. The highest BCUT2D eigenvalue weighted by molar-refractivity contribution is 7.80. The zero-order chi connectivity index (χ0) is 65.6. The van der Waals surface area contributed by atoms with Crippen LogP contribution in [0.4, 0.5) is 0 Å². The number of carboxylic acid groups (broad SMARTS) is 1. The quantitative estimate of drug-likeness (QED) is 0.0127. The first-order valence-electron chi connectivity index (χ1n) is 29.6. The average molecular weight is 1280 g/mol. The van der Waals surface area contributed by atoms with Crippen LogP contribution in [0.1, 0.15) is 96.1 Å². The number of para-hydroxylation sites is 1. The van der Waals surface area contributed by atoms with Gasteiger partial charge in [-0.05, 0) is 73.8 Å². The molecule has 0 bridgehead atoms. The van der Waals surface area contributed by atoms with Crippen molar-refractivity contribution in [3.8, 4) is 5.75 Å². The van der Waals surface area contributed by atoms with Crippen LogP contribution in [-0.2, 0) is 65.6 Å². The molecule has 2 fully saturated rings. The number of aromatic amines is 1. The molecule has 29 nitrogen and oxygen atoms in total. The van der Waals surface area contributed by atoms with E-state index < -0.39 is 144 Å². The van der Waals surface area contributed by atoms with Crippen molar-refractivity contribution in [2.45, 2.75) is 164 Å². The van der Waals surface area contributed by atoms with E-state index in [-0.39, 0.29) is 94.2 Å². The smallest absolute Gasteiger partial charge is 0.327 e. The molecule has 31 heteroatoms. The van der Waals surface area contributed by atoms with E-state index >= 15 is 9.59 Å². The number of carbonyl (C=O) groups is 11. The van der Waals surface area contributed by atoms with Crippen LogP contribution in [-0.4, -0.2) is 199 Å². The van der Waals surface area contributed by atoms with Crippen LogP contribution in [0.2, 0.25) is 0 Å². The fourth-order valence-corrected chi connectivity index (χ4v) is 10.9. The molecule has 19 N–H and O–H groups in total. The number of phenols is 1. The number of aromatic hydroxyl groups is 1. The van der Waals surface area contributed by atoms with Crippen molar-refractivity contribution < 1.29 is 68.1 Å². The highest BCUT2D eigenvalue weighted by atomic mass is 32.1. The maximum Gasteiger partial charge on any atom is 0.327 e. The van der Waals surface area contributed by atoms with Gasteiger partial charge < -0.3 is 90.3 Å². The minimum Gasteiger partial charge on any atom is -0.508 e. The number of carboxylic acids is 1. The number of primary amides is 1. The maximum absolute atomic E-state index is 15.3. The van der Waals surface area contributed by atoms with E-state index in [0.29, 0.717) is 41.3 Å². The van der Waals surface area contributed by atoms with Crippen LogP contribution in [0.3, 0.4) is 0 Å². The van der Waals surface area contributed by atoms with Crippen molar-refractivity contribution in [1.82, 2.24) is 52.0 Å². The van der Waals surface area contributed by atoms with Crippen LogP contribution >= 0.6 is 25.3 Å². The number of rotatable bonds is 34. The number of aliphatic hydroxyl groups is 1. The molecule has 488 valence electrons. The second-order valence-corrected chi connectivity index (χ2v) is 23.0. The number of thiol groups is 2. The number of aliphatic carboxylic acids is 1. The minimum atomic E-state index is -1.57. The summed E-state index contributed by atoms with van der Waals surface area (Å²) in [5.41, 5.74) is 24.0. The second-order valence-electron chi connectivity index (χ2n) is 22.3. The molecular formula is C58H85N15O14S2. The molecule has 89 heavy (non-hydrogen) atoms. The predicted octanol–water partition coefficient (Wildman–Crippen LogP) is -2.56. The Morgan fingerprint density at radius 2 is 1.30 bits per heavy atom. The number of hydrogen-bond donors (Lipinski definition) is 17. The fraction of sp³-hybridized carbons (Fsp3) is 0.552. The van der Waals surface area contributed by atoms with E-state index in [4.69, 9.17) is 22.9 Å². The Balaban J connectivity index is 1.45. The van der Waals surface area contributed by atoms with Gasteiger partial charge in [0.15, 0.2) is 5.96 Å². The van der Waals surface area contributed by atoms with Crippen LogP contribution < -0.4 is 60.2 Å². The lowest BCUT2D eigenvalue weighted by molar-refractivity contribution is -0.148. The third-order valence-corrected chi connectivity index (χ3v) is 16.4. The molecule has 1 aromatic heterocycles. The van der Waals surface area contributed by atoms with Gasteiger partial charge in [0.1, 0.15) is 60.1 Å². The van der Waals surface area contributed by atoms with Crippen molar-refractivity contribution in [1.29, 1.82) is 0 Å². The number of aromatic nitrogens is 1. The molecule has 0 unspecified atom stereocenters. The molecule has 2 aliphatic rings. The van der Waals surface area contributed by atoms with Crippen LogP contribution in [0, 0.1) is 5.92 Å². The van der Waals surface area contributed by atoms with Gasteiger partial charge in [0.05, 0.1) is 12.1 Å². The van der Waals surface area contributed by atoms with Gasteiger partial charge in [0, 0.05) is 73.9 Å². The highest BCUT2D eigenvalue weighted by Crippen LogP contribution is 2.28. The summed E-state index contributed by atoms with van der Waals surface area (Å²) < 4.78 is 0. The Morgan fingerprint density at radius 1 is 0.708 bits per heavy atom. The van der Waals surface area contributed by atoms with Gasteiger partial charge in [-0.2, -0.15) is 25.3 Å². The monoisotopic (exact) mass is 1280 g/mol. The molecule has 0 aliphatic carbocycles. The standard InChI is InChI=1S/C58H85N15O14S2/c1-4-10-38(49(78)70-43(29-89)57(86)87)67-54(83)47(30(3)5-2)71-53(82)45-25-34(75)27-73(45)56(85)44-14-9-22-72(44)55(84)42(24-32-26-64-37-12-7-6-11-35(32)37)69-52(81)41(23-31-15-17-33(74)18-16-31)68-51(80)40(19-20-46(60)76)66-50(79)39(13-8-21-63-58(61)62)65-48(77)36(59)28-88/h6-7,11-12,15-18,26,30,34,36,38-45,47,64,74-75,88-89H,4-5,8-10,13-14,19-25,27-29,59H2,1-3H3,(H2,60,76)(H,65,77)(H,66,79)(H,67,83)(H,68,80)(H,69,81)(H,70,78)(H,71,82)(H,86,87)(H4,61,62,63)/t30-,34+,36-,38-,39-,40-,41-,42-,43-,44-,45-,47-/m0/s1. The second kappa shape index (κ2) is 34.6. The third kappa shape index (κ3) is 20.7. The molecule has 10 amide bonds. The zero-order valence-electron chi connectivity index (χ0n) is 50.0. The predicted molar refractivity (Wildman–Crippen MR) is 334 cm³/mol. The molecule has 2 aromatic carbocycles. The van der Waals surface area contributed by atoms with Gasteiger partial charge >= 0.3 is 5.97 Å². The molecule has 12 atom stereocenters. The average Bonchev–Trinajstić information content (AvgIpc) is 2.96. The number of benzene rings is 2. The van der Waals surface area contributed by atoms with Crippen molar-refractivity contribution in [2.75, 3.05) is 31.1 Å². The highest BCUT2D eigenvalue weighted by Gasteiger charge is 2.47. The van der Waals surface area contributed by atoms with E-state index in [1.165, 1.54) is 29.2 Å². The largest absolute Gasteiger partial charge is 0.508 e. The number of aliphatic hydroxyl groups excluding tert-OH is 1. The molecule has 5 rings (SSSR count). The lowest BCUT2D eigenvalue weighted by atomic mass is 9.97. The van der Waals surface area contributed by atoms with Crippen molar-refractivity contribution in [3.63, 3.8) is 0 Å². The summed E-state index contributed by atoms with van der Waals surface area (Å²) in [6.07, 6.45) is 0.426. The summed E-state index contributed by atoms with van der Waals surface area (Å²) >= 11 is 8.08. The van der Waals surface area contributed by atoms with E-state index in [9.17, 15) is 58.5 Å². The summed E-state index contributed by atoms with van der Waals surface area (Å²) in [6.45, 7) is 4.98. The molecule has 0 saturated carbocycles. The van der Waals surface area contributed by atoms with E-state index in [1.54, 1.807) is 51.2 Å². The maximum atomic E-state index is 15.3. The number of nitrogens with zero attached hydrogens (tertiary/aromatic N) is 3. The molecule has 2 aliphatic heterocycles. The molecule has 0 radical (unpaired) electrons. The Hall–Kier alpha value is -8.16.